The summed E-state index contributed by atoms with van der Waals surface area (Å²) in [5.74, 6) is 0. The quantitative estimate of drug-likeness (QED) is 0.779. The fourth-order valence-corrected chi connectivity index (χ4v) is 1.81. The van der Waals surface area contributed by atoms with Gasteiger partial charge in [0.05, 0.1) is 0 Å². The Morgan fingerprint density at radius 1 is 1.06 bits per heavy atom. The Bertz CT molecular complexity index is 501. The molecule has 0 amide bonds. The van der Waals surface area contributed by atoms with Crippen molar-refractivity contribution >= 4 is 17.1 Å². The first kappa shape index (κ1) is 11.5. The van der Waals surface area contributed by atoms with Gasteiger partial charge in [-0.3, -0.25) is 0 Å². The average Bonchev–Trinajstić information content (AvgIpc) is 2.34. The van der Waals surface area contributed by atoms with Crippen LogP contribution in [0.1, 0.15) is 18.1 Å². The van der Waals surface area contributed by atoms with Crippen LogP contribution in [0.4, 0.5) is 17.1 Å². The fourth-order valence-electron chi connectivity index (χ4n) is 1.81. The van der Waals surface area contributed by atoms with Crippen molar-refractivity contribution in [1.29, 1.82) is 0 Å². The van der Waals surface area contributed by atoms with Crippen molar-refractivity contribution < 1.29 is 0 Å². The third-order valence-electron chi connectivity index (χ3n) is 2.89. The summed E-state index contributed by atoms with van der Waals surface area (Å²) in [6, 6.07) is 14.4. The zero-order valence-electron chi connectivity index (χ0n) is 10.3. The summed E-state index contributed by atoms with van der Waals surface area (Å²) in [4.78, 5) is 0. The Kier molecular flexibility index (Phi) is 3.33. The molecule has 0 radical (unpaired) electrons. The minimum atomic E-state index is 0.800. The van der Waals surface area contributed by atoms with Crippen LogP contribution in [0.15, 0.2) is 42.5 Å². The first-order chi connectivity index (χ1) is 8.19. The van der Waals surface area contributed by atoms with E-state index in [1.165, 1.54) is 5.56 Å². The highest BCUT2D eigenvalue weighted by atomic mass is 14.9. The van der Waals surface area contributed by atoms with E-state index in [1.54, 1.807) is 0 Å². The Hall–Kier alpha value is -1.96. The molecule has 88 valence electrons. The predicted molar refractivity (Wildman–Crippen MR) is 74.7 cm³/mol. The van der Waals surface area contributed by atoms with Gasteiger partial charge in [0.2, 0.25) is 0 Å². The normalized spacial score (nSPS) is 10.2. The number of hydrogen-bond acceptors (Lipinski definition) is 2. The van der Waals surface area contributed by atoms with Crippen molar-refractivity contribution in [2.45, 2.75) is 20.3 Å². The van der Waals surface area contributed by atoms with Crippen LogP contribution < -0.4 is 11.1 Å². The Labute approximate surface area is 102 Å². The molecule has 0 atom stereocenters. The minimum Gasteiger partial charge on any atom is -0.399 e. The molecule has 2 aromatic rings. The van der Waals surface area contributed by atoms with Gasteiger partial charge in [-0.15, -0.1) is 0 Å². The molecule has 0 fully saturated rings. The first-order valence-electron chi connectivity index (χ1n) is 5.91. The van der Waals surface area contributed by atoms with Gasteiger partial charge in [0, 0.05) is 17.1 Å². The van der Waals surface area contributed by atoms with Gasteiger partial charge in [-0.2, -0.15) is 0 Å². The summed E-state index contributed by atoms with van der Waals surface area (Å²) in [7, 11) is 0. The number of aryl methyl sites for hydroxylation is 2. The van der Waals surface area contributed by atoms with E-state index >= 15 is 0 Å². The highest BCUT2D eigenvalue weighted by Crippen LogP contribution is 2.22. The fraction of sp³-hybridized carbons (Fsp3) is 0.200. The molecule has 0 aromatic heterocycles. The van der Waals surface area contributed by atoms with E-state index in [2.05, 4.69) is 43.4 Å². The molecular formula is C15H18N2. The van der Waals surface area contributed by atoms with Crippen LogP contribution in [0.5, 0.6) is 0 Å². The lowest BCUT2D eigenvalue weighted by atomic mass is 10.1. The summed E-state index contributed by atoms with van der Waals surface area (Å²) < 4.78 is 0. The number of benzene rings is 2. The topological polar surface area (TPSA) is 38.0 Å². The van der Waals surface area contributed by atoms with Gasteiger partial charge in [0.25, 0.3) is 0 Å². The van der Waals surface area contributed by atoms with Crippen molar-refractivity contribution in [2.75, 3.05) is 11.1 Å². The second-order valence-corrected chi connectivity index (χ2v) is 4.25. The number of nitrogens with two attached hydrogens (primary N) is 1. The van der Waals surface area contributed by atoms with Gasteiger partial charge in [-0.1, -0.05) is 19.1 Å². The van der Waals surface area contributed by atoms with E-state index in [9.17, 15) is 0 Å². The zero-order valence-corrected chi connectivity index (χ0v) is 10.3. The number of anilines is 3. The Balaban J connectivity index is 2.19. The number of rotatable bonds is 3. The number of hydrogen-bond donors (Lipinski definition) is 2. The van der Waals surface area contributed by atoms with Crippen LogP contribution in [-0.4, -0.2) is 0 Å². The van der Waals surface area contributed by atoms with Gasteiger partial charge in [-0.25, -0.2) is 0 Å². The molecule has 2 aromatic carbocycles. The third-order valence-corrected chi connectivity index (χ3v) is 2.89. The molecule has 0 aliphatic heterocycles. The van der Waals surface area contributed by atoms with Crippen LogP contribution in [0, 0.1) is 6.92 Å². The Morgan fingerprint density at radius 2 is 1.76 bits per heavy atom. The van der Waals surface area contributed by atoms with E-state index in [0.29, 0.717) is 0 Å². The van der Waals surface area contributed by atoms with Crippen LogP contribution in [0.25, 0.3) is 0 Å². The highest BCUT2D eigenvalue weighted by molar-refractivity contribution is 5.65. The molecule has 0 saturated carbocycles. The molecule has 17 heavy (non-hydrogen) atoms. The van der Waals surface area contributed by atoms with Crippen molar-refractivity contribution in [3.63, 3.8) is 0 Å². The van der Waals surface area contributed by atoms with Gasteiger partial charge in [0.15, 0.2) is 0 Å². The van der Waals surface area contributed by atoms with Crippen LogP contribution in [0.3, 0.4) is 0 Å². The molecule has 0 aliphatic carbocycles. The lowest BCUT2D eigenvalue weighted by Gasteiger charge is -2.10. The standard InChI is InChI=1S/C15H18N2/c1-3-12-4-7-14(8-5-12)17-15-9-6-13(16)10-11(15)2/h4-10,17H,3,16H2,1-2H3. The van der Waals surface area contributed by atoms with Crippen LogP contribution in [-0.2, 0) is 6.42 Å². The van der Waals surface area contributed by atoms with Gasteiger partial charge in [0.1, 0.15) is 0 Å². The van der Waals surface area contributed by atoms with Gasteiger partial charge >= 0.3 is 0 Å². The molecule has 0 heterocycles. The molecule has 0 saturated heterocycles. The van der Waals surface area contributed by atoms with Crippen LogP contribution >= 0.6 is 0 Å². The Morgan fingerprint density at radius 3 is 2.35 bits per heavy atom. The van der Waals surface area contributed by atoms with Gasteiger partial charge in [-0.05, 0) is 54.8 Å². The molecule has 3 N–H and O–H groups in total. The summed E-state index contributed by atoms with van der Waals surface area (Å²) >= 11 is 0. The molecule has 2 heteroatoms. The third kappa shape index (κ3) is 2.78. The van der Waals surface area contributed by atoms with E-state index in [0.717, 1.165) is 29.0 Å². The van der Waals surface area contributed by atoms with E-state index in [1.807, 2.05) is 18.2 Å². The molecule has 0 spiro atoms. The highest BCUT2D eigenvalue weighted by Gasteiger charge is 1.99. The average molecular weight is 226 g/mol. The second-order valence-electron chi connectivity index (χ2n) is 4.25. The van der Waals surface area contributed by atoms with Crippen molar-refractivity contribution in [3.05, 3.63) is 53.6 Å². The van der Waals surface area contributed by atoms with Crippen LogP contribution in [0.2, 0.25) is 0 Å². The lowest BCUT2D eigenvalue weighted by molar-refractivity contribution is 1.14. The summed E-state index contributed by atoms with van der Waals surface area (Å²) in [6.07, 6.45) is 1.07. The predicted octanol–water partition coefficient (Wildman–Crippen LogP) is 3.88. The smallest absolute Gasteiger partial charge is 0.0415 e. The second kappa shape index (κ2) is 4.91. The molecular weight excluding hydrogens is 208 g/mol. The van der Waals surface area contributed by atoms with Gasteiger partial charge < -0.3 is 11.1 Å². The maximum Gasteiger partial charge on any atom is 0.0415 e. The van der Waals surface area contributed by atoms with Crippen molar-refractivity contribution in [1.82, 2.24) is 0 Å². The maximum absolute atomic E-state index is 5.73. The monoisotopic (exact) mass is 226 g/mol. The van der Waals surface area contributed by atoms with Crippen molar-refractivity contribution in [2.24, 2.45) is 0 Å². The molecule has 2 rings (SSSR count). The maximum atomic E-state index is 5.73. The molecule has 0 aliphatic rings. The minimum absolute atomic E-state index is 0.800. The molecule has 2 nitrogen and oxygen atoms in total. The largest absolute Gasteiger partial charge is 0.399 e. The SMILES string of the molecule is CCc1ccc(Nc2ccc(N)cc2C)cc1. The number of nitrogens with one attached hydrogen (secondary N) is 1. The zero-order chi connectivity index (χ0) is 12.3. The lowest BCUT2D eigenvalue weighted by Crippen LogP contribution is -1.95. The first-order valence-corrected chi connectivity index (χ1v) is 5.91. The number of nitrogen functional groups attached to an aromatic ring is 1. The summed E-state index contributed by atoms with van der Waals surface area (Å²) in [5.41, 5.74) is 11.2. The molecule has 0 unspecified atom stereocenters. The molecule has 0 bridgehead atoms. The van der Waals surface area contributed by atoms with E-state index < -0.39 is 0 Å². The summed E-state index contributed by atoms with van der Waals surface area (Å²) in [5, 5.41) is 3.40. The van der Waals surface area contributed by atoms with Crippen molar-refractivity contribution in [3.8, 4) is 0 Å². The van der Waals surface area contributed by atoms with E-state index in [4.69, 9.17) is 5.73 Å². The summed E-state index contributed by atoms with van der Waals surface area (Å²) in [6.45, 7) is 4.21. The van der Waals surface area contributed by atoms with E-state index in [-0.39, 0.29) is 0 Å².